The number of carbonyl (C=O) groups is 1. The van der Waals surface area contributed by atoms with E-state index in [0.717, 1.165) is 5.69 Å². The average Bonchev–Trinajstić information content (AvgIpc) is 2.67. The van der Waals surface area contributed by atoms with Crippen LogP contribution in [0.3, 0.4) is 0 Å². The Morgan fingerprint density at radius 1 is 1.21 bits per heavy atom. The number of nitro groups is 1. The largest absolute Gasteiger partial charge is 0.388 e. The molecule has 8 heteroatoms. The van der Waals surface area contributed by atoms with Gasteiger partial charge < -0.3 is 15.1 Å². The van der Waals surface area contributed by atoms with Crippen molar-refractivity contribution in [2.45, 2.75) is 38.4 Å². The fourth-order valence-electron chi connectivity index (χ4n) is 3.01. The first-order chi connectivity index (χ1) is 13.2. The number of hydrogen-bond donors (Lipinski definition) is 2. The zero-order chi connectivity index (χ0) is 20.8. The fourth-order valence-corrected chi connectivity index (χ4v) is 3.29. The highest BCUT2D eigenvalue weighted by molar-refractivity contribution is 6.31. The molecule has 150 valence electrons. The summed E-state index contributed by atoms with van der Waals surface area (Å²) in [6.07, 6.45) is -1.68. The predicted molar refractivity (Wildman–Crippen MR) is 107 cm³/mol. The number of anilines is 1. The number of halogens is 1. The average molecular weight is 407 g/mol. The van der Waals surface area contributed by atoms with E-state index in [1.165, 1.54) is 24.0 Å². The summed E-state index contributed by atoms with van der Waals surface area (Å²) in [4.78, 5) is 24.7. The Morgan fingerprint density at radius 2 is 1.86 bits per heavy atom. The second-order valence-corrected chi connectivity index (χ2v) is 6.94. The van der Waals surface area contributed by atoms with E-state index >= 15 is 0 Å². The minimum absolute atomic E-state index is 0.0334. The van der Waals surface area contributed by atoms with Crippen molar-refractivity contribution in [1.82, 2.24) is 0 Å². The lowest BCUT2D eigenvalue weighted by Gasteiger charge is -2.18. The molecule has 0 spiro atoms. The maximum Gasteiger partial charge on any atom is 0.282 e. The van der Waals surface area contributed by atoms with Gasteiger partial charge in [0.15, 0.2) is 0 Å². The van der Waals surface area contributed by atoms with Gasteiger partial charge in [-0.15, -0.1) is 0 Å². The van der Waals surface area contributed by atoms with Crippen LogP contribution >= 0.6 is 11.6 Å². The number of para-hydroxylation sites is 1. The molecule has 0 aliphatic heterocycles. The minimum atomic E-state index is -1.22. The van der Waals surface area contributed by atoms with Crippen LogP contribution in [0.2, 0.25) is 5.02 Å². The van der Waals surface area contributed by atoms with Gasteiger partial charge >= 0.3 is 0 Å². The van der Waals surface area contributed by atoms with Crippen molar-refractivity contribution in [2.24, 2.45) is 0 Å². The summed E-state index contributed by atoms with van der Waals surface area (Å²) >= 11 is 6.10. The highest BCUT2D eigenvalue weighted by atomic mass is 35.5. The number of hydrogen-bond acceptors (Lipinski definition) is 5. The van der Waals surface area contributed by atoms with Crippen LogP contribution in [-0.4, -0.2) is 28.1 Å². The number of aliphatic hydroxyl groups is 2. The summed E-state index contributed by atoms with van der Waals surface area (Å²) in [6, 6.07) is 12.0. The number of amides is 1. The molecular weight excluding hydrogens is 384 g/mol. The fraction of sp³-hybridized carbons (Fsp3) is 0.350. The SMILES string of the molecule is CC(O)c1ccc(Cl)c(C(O)CCCC(=O)N(C)c2ccccc2)c1[N+](=O)[O-]. The molecule has 2 atom stereocenters. The first kappa shape index (κ1) is 21.8. The van der Waals surface area contributed by atoms with Gasteiger partial charge in [-0.2, -0.15) is 0 Å². The summed E-state index contributed by atoms with van der Waals surface area (Å²) in [5.41, 5.74) is 0.427. The van der Waals surface area contributed by atoms with E-state index in [4.69, 9.17) is 11.6 Å². The molecular formula is C20H23ClN2O5. The van der Waals surface area contributed by atoms with E-state index < -0.39 is 17.1 Å². The standard InChI is InChI=1S/C20H23ClN2O5/c1-13(24)15-11-12-16(21)19(20(15)23(27)28)17(25)9-6-10-18(26)22(2)14-7-4-3-5-8-14/h3-5,7-8,11-13,17,24-25H,6,9-10H2,1-2H3. The van der Waals surface area contributed by atoms with E-state index in [-0.39, 0.29) is 40.6 Å². The molecule has 0 aliphatic rings. The van der Waals surface area contributed by atoms with Crippen LogP contribution in [-0.2, 0) is 4.79 Å². The lowest BCUT2D eigenvalue weighted by Crippen LogP contribution is -2.25. The van der Waals surface area contributed by atoms with Gasteiger partial charge in [0.05, 0.1) is 33.3 Å². The molecule has 2 aromatic carbocycles. The Balaban J connectivity index is 2.09. The monoisotopic (exact) mass is 406 g/mol. The third-order valence-corrected chi connectivity index (χ3v) is 4.88. The van der Waals surface area contributed by atoms with Crippen molar-refractivity contribution in [2.75, 3.05) is 11.9 Å². The third-order valence-electron chi connectivity index (χ3n) is 4.55. The predicted octanol–water partition coefficient (Wildman–Crippen LogP) is 4.17. The molecule has 1 amide bonds. The molecule has 0 fully saturated rings. The van der Waals surface area contributed by atoms with Crippen molar-refractivity contribution in [1.29, 1.82) is 0 Å². The minimum Gasteiger partial charge on any atom is -0.388 e. The summed E-state index contributed by atoms with van der Waals surface area (Å²) in [7, 11) is 1.67. The van der Waals surface area contributed by atoms with Gasteiger partial charge in [0.2, 0.25) is 5.91 Å². The second-order valence-electron chi connectivity index (χ2n) is 6.53. The number of rotatable bonds is 8. The van der Waals surface area contributed by atoms with E-state index in [2.05, 4.69) is 0 Å². The molecule has 0 radical (unpaired) electrons. The van der Waals surface area contributed by atoms with Gasteiger partial charge in [-0.25, -0.2) is 0 Å². The van der Waals surface area contributed by atoms with Crippen molar-refractivity contribution in [3.8, 4) is 0 Å². The van der Waals surface area contributed by atoms with Crippen LogP contribution in [0.5, 0.6) is 0 Å². The van der Waals surface area contributed by atoms with Crippen LogP contribution in [0.15, 0.2) is 42.5 Å². The van der Waals surface area contributed by atoms with Gasteiger partial charge in [-0.1, -0.05) is 29.8 Å². The van der Waals surface area contributed by atoms with E-state index in [1.54, 1.807) is 7.05 Å². The number of aliphatic hydroxyl groups excluding tert-OH is 2. The Morgan fingerprint density at radius 3 is 2.43 bits per heavy atom. The van der Waals surface area contributed by atoms with Gasteiger partial charge in [0.1, 0.15) is 0 Å². The smallest absolute Gasteiger partial charge is 0.282 e. The third kappa shape index (κ3) is 5.07. The van der Waals surface area contributed by atoms with Crippen LogP contribution in [0.4, 0.5) is 11.4 Å². The molecule has 2 aromatic rings. The molecule has 0 saturated carbocycles. The molecule has 2 rings (SSSR count). The normalized spacial score (nSPS) is 13.0. The summed E-state index contributed by atoms with van der Waals surface area (Å²) < 4.78 is 0. The van der Waals surface area contributed by atoms with E-state index in [9.17, 15) is 25.1 Å². The van der Waals surface area contributed by atoms with Crippen LogP contribution in [0.25, 0.3) is 0 Å². The number of nitrogens with zero attached hydrogens (tertiary/aromatic N) is 2. The highest BCUT2D eigenvalue weighted by Crippen LogP contribution is 2.39. The Labute approximate surface area is 168 Å². The van der Waals surface area contributed by atoms with E-state index in [0.29, 0.717) is 6.42 Å². The summed E-state index contributed by atoms with van der Waals surface area (Å²) in [5.74, 6) is -0.128. The van der Waals surface area contributed by atoms with Crippen LogP contribution in [0.1, 0.15) is 49.5 Å². The van der Waals surface area contributed by atoms with Crippen molar-refractivity contribution >= 4 is 28.9 Å². The topological polar surface area (TPSA) is 104 Å². The molecule has 0 aromatic heterocycles. The zero-order valence-electron chi connectivity index (χ0n) is 15.7. The Bertz CT molecular complexity index is 842. The van der Waals surface area contributed by atoms with Gasteiger partial charge in [0.25, 0.3) is 5.69 Å². The molecule has 0 aliphatic carbocycles. The maximum absolute atomic E-state index is 12.3. The molecule has 0 saturated heterocycles. The van der Waals surface area contributed by atoms with Gasteiger partial charge in [0, 0.05) is 19.2 Å². The molecule has 0 heterocycles. The number of carbonyl (C=O) groups excluding carboxylic acids is 1. The summed E-state index contributed by atoms with van der Waals surface area (Å²) in [6.45, 7) is 1.41. The molecule has 28 heavy (non-hydrogen) atoms. The van der Waals surface area contributed by atoms with Crippen molar-refractivity contribution in [3.05, 3.63) is 68.7 Å². The highest BCUT2D eigenvalue weighted by Gasteiger charge is 2.29. The second kappa shape index (κ2) is 9.64. The maximum atomic E-state index is 12.3. The number of nitro benzene ring substituents is 1. The Kier molecular flexibility index (Phi) is 7.51. The Hall–Kier alpha value is -2.48. The lowest BCUT2D eigenvalue weighted by molar-refractivity contribution is -0.387. The van der Waals surface area contributed by atoms with Crippen molar-refractivity contribution in [3.63, 3.8) is 0 Å². The number of benzene rings is 2. The molecule has 0 bridgehead atoms. The summed E-state index contributed by atoms with van der Waals surface area (Å²) in [5, 5.41) is 31.8. The first-order valence-electron chi connectivity index (χ1n) is 8.88. The van der Waals surface area contributed by atoms with E-state index in [1.807, 2.05) is 30.3 Å². The molecule has 2 unspecified atom stereocenters. The first-order valence-corrected chi connectivity index (χ1v) is 9.26. The van der Waals surface area contributed by atoms with Gasteiger partial charge in [-0.3, -0.25) is 14.9 Å². The lowest BCUT2D eigenvalue weighted by atomic mass is 9.96. The van der Waals surface area contributed by atoms with Crippen LogP contribution < -0.4 is 4.90 Å². The van der Waals surface area contributed by atoms with Crippen LogP contribution in [0, 0.1) is 10.1 Å². The quantitative estimate of drug-likeness (QED) is 0.505. The molecule has 7 nitrogen and oxygen atoms in total. The van der Waals surface area contributed by atoms with Gasteiger partial charge in [-0.05, 0) is 44.0 Å². The zero-order valence-corrected chi connectivity index (χ0v) is 16.5. The van der Waals surface area contributed by atoms with Crippen molar-refractivity contribution < 1.29 is 19.9 Å². The molecule has 2 N–H and O–H groups in total.